The second-order valence-electron chi connectivity index (χ2n) is 22.5. The van der Waals surface area contributed by atoms with E-state index in [0.717, 1.165) is 44.9 Å². The summed E-state index contributed by atoms with van der Waals surface area (Å²) in [4.78, 5) is 13.1. The summed E-state index contributed by atoms with van der Waals surface area (Å²) in [5, 5.41) is 54.6. The van der Waals surface area contributed by atoms with Gasteiger partial charge in [0.25, 0.3) is 0 Å². The van der Waals surface area contributed by atoms with Gasteiger partial charge in [-0.05, 0) is 64.2 Å². The molecule has 7 unspecified atom stereocenters. The molecule has 0 saturated carbocycles. The van der Waals surface area contributed by atoms with E-state index in [1.165, 1.54) is 244 Å². The number of aliphatic hydroxyl groups excluding tert-OH is 5. The van der Waals surface area contributed by atoms with Gasteiger partial charge in [-0.25, -0.2) is 0 Å². The van der Waals surface area contributed by atoms with Crippen molar-refractivity contribution in [2.75, 3.05) is 13.2 Å². The quantitative estimate of drug-likeness (QED) is 0.0261. The average Bonchev–Trinajstić information content (AvgIpc) is 3.41. The number of ether oxygens (including phenoxy) is 2. The van der Waals surface area contributed by atoms with Crippen molar-refractivity contribution < 1.29 is 39.8 Å². The third-order valence-electron chi connectivity index (χ3n) is 15.4. The van der Waals surface area contributed by atoms with Crippen LogP contribution in [0.1, 0.15) is 309 Å². The molecule has 0 aromatic rings. The third kappa shape index (κ3) is 44.7. The van der Waals surface area contributed by atoms with E-state index in [-0.39, 0.29) is 12.5 Å². The smallest absolute Gasteiger partial charge is 0.220 e. The predicted molar refractivity (Wildman–Crippen MR) is 318 cm³/mol. The maximum absolute atomic E-state index is 13.1. The summed E-state index contributed by atoms with van der Waals surface area (Å²) in [7, 11) is 0. The van der Waals surface area contributed by atoms with Crippen LogP contribution in [0.4, 0.5) is 0 Å². The Morgan fingerprint density at radius 1 is 0.453 bits per heavy atom. The fraction of sp³-hybridized carbons (Fsp3) is 0.864. The van der Waals surface area contributed by atoms with Crippen molar-refractivity contribution in [3.63, 3.8) is 0 Å². The molecule has 1 heterocycles. The summed E-state index contributed by atoms with van der Waals surface area (Å²) >= 11 is 0. The summed E-state index contributed by atoms with van der Waals surface area (Å²) in [6.45, 7) is 3.79. The summed E-state index contributed by atoms with van der Waals surface area (Å²) in [6.07, 6.45) is 67.7. The highest BCUT2D eigenvalue weighted by Crippen LogP contribution is 2.23. The number of allylic oxidation sites excluding steroid dienone is 7. The van der Waals surface area contributed by atoms with Gasteiger partial charge in [0.2, 0.25) is 5.91 Å². The molecule has 9 heteroatoms. The van der Waals surface area contributed by atoms with Gasteiger partial charge in [-0.3, -0.25) is 4.79 Å². The Labute approximate surface area is 463 Å². The minimum atomic E-state index is -1.57. The van der Waals surface area contributed by atoms with Crippen LogP contribution in [0.3, 0.4) is 0 Å². The van der Waals surface area contributed by atoms with Gasteiger partial charge in [0, 0.05) is 6.42 Å². The standard InChI is InChI=1S/C66H123NO8/c1-3-5-7-9-11-13-15-17-19-21-23-25-26-27-28-29-30-31-32-33-34-36-38-40-42-44-46-48-50-52-54-56-62(70)67-59(58-74-66-65(73)64(72)63(71)61(57-68)75-66)60(69)55-53-51-49-47-45-43-41-39-37-35-24-22-20-18-16-14-12-10-8-6-4-2/h15,17,21,23,45,47,53,55,59-61,63-66,68-69,71-73H,3-14,16,18-20,22,24-44,46,48-52,54,56-58H2,1-2H3,(H,67,70)/b17-15-,23-21-,47-45+,55-53+. The van der Waals surface area contributed by atoms with E-state index in [1.54, 1.807) is 6.08 Å². The van der Waals surface area contributed by atoms with Crippen LogP contribution < -0.4 is 5.32 Å². The molecule has 6 N–H and O–H groups in total. The molecule has 7 atom stereocenters. The Bertz CT molecular complexity index is 1320. The Hall–Kier alpha value is -1.85. The van der Waals surface area contributed by atoms with Crippen molar-refractivity contribution in [3.8, 4) is 0 Å². The Balaban J connectivity index is 2.16. The summed E-state index contributed by atoms with van der Waals surface area (Å²) in [6, 6.07) is -0.822. The van der Waals surface area contributed by atoms with Crippen molar-refractivity contribution in [2.24, 2.45) is 0 Å². The van der Waals surface area contributed by atoms with Crippen molar-refractivity contribution in [2.45, 2.75) is 352 Å². The molecule has 0 radical (unpaired) electrons. The van der Waals surface area contributed by atoms with Gasteiger partial charge >= 0.3 is 0 Å². The molecule has 1 fully saturated rings. The number of amides is 1. The lowest BCUT2D eigenvalue weighted by molar-refractivity contribution is -0.302. The molecule has 1 aliphatic heterocycles. The molecular weight excluding hydrogens is 935 g/mol. The molecule has 0 aromatic carbocycles. The van der Waals surface area contributed by atoms with Gasteiger partial charge in [0.15, 0.2) is 6.29 Å². The first-order valence-corrected chi connectivity index (χ1v) is 32.4. The first-order chi connectivity index (χ1) is 36.8. The number of rotatable bonds is 56. The monoisotopic (exact) mass is 1060 g/mol. The Morgan fingerprint density at radius 2 is 0.800 bits per heavy atom. The molecule has 9 nitrogen and oxygen atoms in total. The zero-order valence-corrected chi connectivity index (χ0v) is 49.1. The van der Waals surface area contributed by atoms with Crippen LogP contribution in [-0.4, -0.2) is 87.5 Å². The fourth-order valence-electron chi connectivity index (χ4n) is 10.3. The Morgan fingerprint density at radius 3 is 1.20 bits per heavy atom. The summed E-state index contributed by atoms with van der Waals surface area (Å²) in [5.74, 6) is -0.182. The third-order valence-corrected chi connectivity index (χ3v) is 15.4. The maximum Gasteiger partial charge on any atom is 0.220 e. The highest BCUT2D eigenvalue weighted by atomic mass is 16.7. The molecule has 75 heavy (non-hydrogen) atoms. The second-order valence-corrected chi connectivity index (χ2v) is 22.5. The van der Waals surface area contributed by atoms with E-state index < -0.39 is 49.5 Å². The lowest BCUT2D eigenvalue weighted by atomic mass is 9.99. The highest BCUT2D eigenvalue weighted by Gasteiger charge is 2.44. The maximum atomic E-state index is 13.1. The van der Waals surface area contributed by atoms with Gasteiger partial charge < -0.3 is 40.3 Å². The normalized spacial score (nSPS) is 19.2. The lowest BCUT2D eigenvalue weighted by Gasteiger charge is -2.40. The minimum absolute atomic E-state index is 0.182. The van der Waals surface area contributed by atoms with Gasteiger partial charge in [-0.1, -0.05) is 287 Å². The molecule has 0 aromatic heterocycles. The highest BCUT2D eigenvalue weighted by molar-refractivity contribution is 5.76. The van der Waals surface area contributed by atoms with Crippen LogP contribution in [0.15, 0.2) is 48.6 Å². The largest absolute Gasteiger partial charge is 0.394 e. The Kier molecular flexibility index (Phi) is 52.6. The summed E-state index contributed by atoms with van der Waals surface area (Å²) < 4.78 is 11.3. The fourth-order valence-corrected chi connectivity index (χ4v) is 10.3. The number of hydrogen-bond acceptors (Lipinski definition) is 8. The number of carbonyl (C=O) groups is 1. The topological polar surface area (TPSA) is 149 Å². The first kappa shape index (κ1) is 71.2. The molecule has 1 aliphatic rings. The van der Waals surface area contributed by atoms with E-state index >= 15 is 0 Å². The van der Waals surface area contributed by atoms with Crippen LogP contribution in [0.25, 0.3) is 0 Å². The second kappa shape index (κ2) is 55.5. The zero-order chi connectivity index (χ0) is 54.3. The average molecular weight is 1060 g/mol. The number of carbonyl (C=O) groups excluding carboxylic acids is 1. The van der Waals surface area contributed by atoms with Crippen LogP contribution in [0.5, 0.6) is 0 Å². The molecule has 440 valence electrons. The van der Waals surface area contributed by atoms with Crippen LogP contribution in [0, 0.1) is 0 Å². The number of hydrogen-bond donors (Lipinski definition) is 6. The van der Waals surface area contributed by atoms with Crippen molar-refractivity contribution in [1.29, 1.82) is 0 Å². The molecule has 0 spiro atoms. The van der Waals surface area contributed by atoms with Gasteiger partial charge in [0.1, 0.15) is 24.4 Å². The zero-order valence-electron chi connectivity index (χ0n) is 49.1. The molecule has 1 saturated heterocycles. The SMILES string of the molecule is CCCCCCC/C=C\C/C=C\CCCCCCCCCCCCCCCCCCCCCC(=O)NC(COC1OC(CO)C(O)C(O)C1O)C(O)/C=C/CC/C=C/CCCCCCCCCCCCCCCCC. The number of unbranched alkanes of at least 4 members (excludes halogenated alkanes) is 40. The molecule has 0 aliphatic carbocycles. The first-order valence-electron chi connectivity index (χ1n) is 32.4. The van der Waals surface area contributed by atoms with E-state index in [4.69, 9.17) is 9.47 Å². The van der Waals surface area contributed by atoms with E-state index in [0.29, 0.717) is 6.42 Å². The molecule has 0 bridgehead atoms. The van der Waals surface area contributed by atoms with E-state index in [2.05, 4.69) is 55.6 Å². The van der Waals surface area contributed by atoms with Gasteiger partial charge in [0.05, 0.1) is 25.4 Å². The molecular formula is C66H123NO8. The number of nitrogens with one attached hydrogen (secondary N) is 1. The molecule has 1 amide bonds. The lowest BCUT2D eigenvalue weighted by Crippen LogP contribution is -2.60. The van der Waals surface area contributed by atoms with Crippen molar-refractivity contribution >= 4 is 5.91 Å². The predicted octanol–water partition coefficient (Wildman–Crippen LogP) is 16.9. The minimum Gasteiger partial charge on any atom is -0.394 e. The van der Waals surface area contributed by atoms with Crippen LogP contribution in [-0.2, 0) is 14.3 Å². The summed E-state index contributed by atoms with van der Waals surface area (Å²) in [5.41, 5.74) is 0. The van der Waals surface area contributed by atoms with Crippen LogP contribution >= 0.6 is 0 Å². The van der Waals surface area contributed by atoms with Gasteiger partial charge in [-0.15, -0.1) is 0 Å². The number of aliphatic hydroxyl groups is 5. The van der Waals surface area contributed by atoms with E-state index in [1.807, 2.05) is 6.08 Å². The molecule has 1 rings (SSSR count). The van der Waals surface area contributed by atoms with E-state index in [9.17, 15) is 30.3 Å². The van der Waals surface area contributed by atoms with Crippen LogP contribution in [0.2, 0.25) is 0 Å². The van der Waals surface area contributed by atoms with Crippen molar-refractivity contribution in [3.05, 3.63) is 48.6 Å². The van der Waals surface area contributed by atoms with Crippen molar-refractivity contribution in [1.82, 2.24) is 5.32 Å². The van der Waals surface area contributed by atoms with Gasteiger partial charge in [-0.2, -0.15) is 0 Å².